The Bertz CT molecular complexity index is 1080. The fourth-order valence-corrected chi connectivity index (χ4v) is 3.07. The molecule has 7 heteroatoms. The molecule has 0 aliphatic carbocycles. The minimum Gasteiger partial charge on any atom is -0.493 e. The number of hydrogen-bond acceptors (Lipinski definition) is 4. The number of para-hydroxylation sites is 1. The zero-order valence-corrected chi connectivity index (χ0v) is 18.5. The minimum absolute atomic E-state index is 0.240. The highest BCUT2D eigenvalue weighted by Gasteiger charge is 2.14. The molecule has 0 saturated heterocycles. The van der Waals surface area contributed by atoms with Gasteiger partial charge in [0.05, 0.1) is 12.2 Å². The van der Waals surface area contributed by atoms with Crippen molar-refractivity contribution in [3.05, 3.63) is 95.6 Å². The second-order valence-corrected chi connectivity index (χ2v) is 7.36. The second-order valence-electron chi connectivity index (χ2n) is 7.36. The Balaban J connectivity index is 1.53. The maximum Gasteiger partial charge on any atom is 0.273 e. The van der Waals surface area contributed by atoms with Crippen LogP contribution in [0.1, 0.15) is 57.3 Å². The summed E-state index contributed by atoms with van der Waals surface area (Å²) in [7, 11) is 0. The molecular formula is C26H27N3O4. The van der Waals surface area contributed by atoms with Gasteiger partial charge in [-0.2, -0.15) is 0 Å². The van der Waals surface area contributed by atoms with E-state index < -0.39 is 11.8 Å². The highest BCUT2D eigenvalue weighted by molar-refractivity contribution is 6.04. The molecule has 3 aromatic carbocycles. The van der Waals surface area contributed by atoms with Crippen molar-refractivity contribution >= 4 is 23.4 Å². The van der Waals surface area contributed by atoms with Crippen LogP contribution in [0.5, 0.6) is 5.75 Å². The van der Waals surface area contributed by atoms with Crippen molar-refractivity contribution in [1.82, 2.24) is 10.9 Å². The number of rotatable bonds is 9. The van der Waals surface area contributed by atoms with E-state index >= 15 is 0 Å². The Morgan fingerprint density at radius 1 is 0.697 bits per heavy atom. The lowest BCUT2D eigenvalue weighted by atomic mass is 10.1. The van der Waals surface area contributed by atoms with Crippen LogP contribution in [0.4, 0.5) is 5.69 Å². The van der Waals surface area contributed by atoms with Crippen molar-refractivity contribution in [3.8, 4) is 5.75 Å². The number of hydrogen-bond donors (Lipinski definition) is 3. The standard InChI is InChI=1S/C26H27N3O4/c1-2-3-9-18-33-23-13-8-7-12-22(23)26(32)29-28-25(31)20-14-16-21(17-15-20)27-24(30)19-10-5-4-6-11-19/h4-8,10-17H,2-3,9,18H2,1H3,(H,27,30)(H,28,31)(H,29,32). The van der Waals surface area contributed by atoms with Gasteiger partial charge in [0.25, 0.3) is 17.7 Å². The third kappa shape index (κ3) is 6.93. The predicted octanol–water partition coefficient (Wildman–Crippen LogP) is 4.58. The lowest BCUT2D eigenvalue weighted by Gasteiger charge is -2.12. The average Bonchev–Trinajstić information content (AvgIpc) is 2.86. The lowest BCUT2D eigenvalue weighted by Crippen LogP contribution is -2.41. The Labute approximate surface area is 193 Å². The Morgan fingerprint density at radius 2 is 1.33 bits per heavy atom. The van der Waals surface area contributed by atoms with Crippen molar-refractivity contribution in [2.75, 3.05) is 11.9 Å². The largest absolute Gasteiger partial charge is 0.493 e. The van der Waals surface area contributed by atoms with E-state index in [1.165, 1.54) is 0 Å². The van der Waals surface area contributed by atoms with Gasteiger partial charge in [0.15, 0.2) is 0 Å². The number of anilines is 1. The van der Waals surface area contributed by atoms with Crippen LogP contribution in [0.15, 0.2) is 78.9 Å². The Morgan fingerprint density at radius 3 is 2.06 bits per heavy atom. The average molecular weight is 446 g/mol. The van der Waals surface area contributed by atoms with E-state index in [2.05, 4.69) is 23.1 Å². The van der Waals surface area contributed by atoms with Gasteiger partial charge in [0, 0.05) is 16.8 Å². The molecule has 0 aliphatic heterocycles. The summed E-state index contributed by atoms with van der Waals surface area (Å²) in [6.45, 7) is 2.63. The van der Waals surface area contributed by atoms with Crippen molar-refractivity contribution in [3.63, 3.8) is 0 Å². The van der Waals surface area contributed by atoms with Crippen LogP contribution in [0.25, 0.3) is 0 Å². The summed E-state index contributed by atoms with van der Waals surface area (Å²) in [5, 5.41) is 2.77. The van der Waals surface area contributed by atoms with E-state index in [9.17, 15) is 14.4 Å². The van der Waals surface area contributed by atoms with Crippen LogP contribution in [-0.2, 0) is 0 Å². The van der Waals surface area contributed by atoms with Gasteiger partial charge >= 0.3 is 0 Å². The molecule has 3 rings (SSSR count). The van der Waals surface area contributed by atoms with Crippen LogP contribution in [0, 0.1) is 0 Å². The van der Waals surface area contributed by atoms with E-state index in [1.54, 1.807) is 72.8 Å². The molecule has 0 radical (unpaired) electrons. The van der Waals surface area contributed by atoms with Crippen LogP contribution in [0.2, 0.25) is 0 Å². The molecule has 0 unspecified atom stereocenters. The molecule has 0 heterocycles. The van der Waals surface area contributed by atoms with Gasteiger partial charge in [-0.3, -0.25) is 25.2 Å². The molecule has 0 aromatic heterocycles. The quantitative estimate of drug-likeness (QED) is 0.332. The first-order chi connectivity index (χ1) is 16.1. The summed E-state index contributed by atoms with van der Waals surface area (Å²) in [5.74, 6) is -0.721. The number of carbonyl (C=O) groups excluding carboxylic acids is 3. The number of ether oxygens (including phenoxy) is 1. The van der Waals surface area contributed by atoms with E-state index in [0.29, 0.717) is 34.7 Å². The molecule has 3 amide bonds. The smallest absolute Gasteiger partial charge is 0.273 e. The number of unbranched alkanes of at least 4 members (excludes halogenated alkanes) is 2. The monoisotopic (exact) mass is 445 g/mol. The van der Waals surface area contributed by atoms with Crippen LogP contribution in [0.3, 0.4) is 0 Å². The number of hydrazine groups is 1. The minimum atomic E-state index is -0.481. The molecule has 33 heavy (non-hydrogen) atoms. The lowest BCUT2D eigenvalue weighted by molar-refractivity contribution is 0.0844. The maximum absolute atomic E-state index is 12.5. The summed E-state index contributed by atoms with van der Waals surface area (Å²) in [6.07, 6.45) is 3.04. The van der Waals surface area contributed by atoms with Crippen LogP contribution in [-0.4, -0.2) is 24.3 Å². The van der Waals surface area contributed by atoms with Crippen molar-refractivity contribution in [2.24, 2.45) is 0 Å². The number of nitrogens with one attached hydrogen (secondary N) is 3. The zero-order chi connectivity index (χ0) is 23.5. The van der Waals surface area contributed by atoms with Crippen LogP contribution >= 0.6 is 0 Å². The van der Waals surface area contributed by atoms with Gasteiger partial charge < -0.3 is 10.1 Å². The number of amides is 3. The highest BCUT2D eigenvalue weighted by atomic mass is 16.5. The fourth-order valence-electron chi connectivity index (χ4n) is 3.07. The summed E-state index contributed by atoms with van der Waals surface area (Å²) >= 11 is 0. The first kappa shape index (κ1) is 23.5. The molecule has 7 nitrogen and oxygen atoms in total. The molecule has 0 spiro atoms. The van der Waals surface area contributed by atoms with Crippen molar-refractivity contribution in [1.29, 1.82) is 0 Å². The number of benzene rings is 3. The van der Waals surface area contributed by atoms with E-state index in [1.807, 2.05) is 6.07 Å². The van der Waals surface area contributed by atoms with Crippen molar-refractivity contribution in [2.45, 2.75) is 26.2 Å². The second kappa shape index (κ2) is 12.0. The molecule has 3 N–H and O–H groups in total. The van der Waals surface area contributed by atoms with Gasteiger partial charge in [-0.25, -0.2) is 0 Å². The normalized spacial score (nSPS) is 10.2. The molecule has 0 bridgehead atoms. The maximum atomic E-state index is 12.5. The Hall–Kier alpha value is -4.13. The van der Waals surface area contributed by atoms with Crippen molar-refractivity contribution < 1.29 is 19.1 Å². The molecular weight excluding hydrogens is 418 g/mol. The molecule has 0 atom stereocenters. The summed E-state index contributed by atoms with van der Waals surface area (Å²) < 4.78 is 5.72. The third-order valence-electron chi connectivity index (χ3n) is 4.87. The van der Waals surface area contributed by atoms with Gasteiger partial charge in [-0.15, -0.1) is 0 Å². The third-order valence-corrected chi connectivity index (χ3v) is 4.87. The van der Waals surface area contributed by atoms with E-state index in [0.717, 1.165) is 19.3 Å². The molecule has 0 fully saturated rings. The van der Waals surface area contributed by atoms with E-state index in [-0.39, 0.29) is 5.91 Å². The summed E-state index contributed by atoms with van der Waals surface area (Å²) in [5.41, 5.74) is 6.59. The predicted molar refractivity (Wildman–Crippen MR) is 127 cm³/mol. The summed E-state index contributed by atoms with van der Waals surface area (Å²) in [4.78, 5) is 37.2. The fraction of sp³-hybridized carbons (Fsp3) is 0.192. The Kier molecular flexibility index (Phi) is 8.59. The van der Waals surface area contributed by atoms with Gasteiger partial charge in [0.1, 0.15) is 5.75 Å². The SMILES string of the molecule is CCCCCOc1ccccc1C(=O)NNC(=O)c1ccc(NC(=O)c2ccccc2)cc1. The topological polar surface area (TPSA) is 96.5 Å². The van der Waals surface area contributed by atoms with Gasteiger partial charge in [-0.05, 0) is 55.0 Å². The zero-order valence-electron chi connectivity index (χ0n) is 18.5. The highest BCUT2D eigenvalue weighted by Crippen LogP contribution is 2.18. The molecule has 3 aromatic rings. The molecule has 170 valence electrons. The first-order valence-corrected chi connectivity index (χ1v) is 10.9. The number of carbonyl (C=O) groups is 3. The molecule has 0 saturated carbocycles. The molecule has 0 aliphatic rings. The van der Waals surface area contributed by atoms with Gasteiger partial charge in [-0.1, -0.05) is 50.1 Å². The van der Waals surface area contributed by atoms with E-state index in [4.69, 9.17) is 4.74 Å². The summed E-state index contributed by atoms with van der Waals surface area (Å²) in [6, 6.07) is 22.1. The first-order valence-electron chi connectivity index (χ1n) is 10.9. The van der Waals surface area contributed by atoms with Crippen LogP contribution < -0.4 is 20.9 Å². The van der Waals surface area contributed by atoms with Gasteiger partial charge in [0.2, 0.25) is 0 Å².